The monoisotopic (exact) mass is 341 g/mol. The maximum absolute atomic E-state index is 12.1. The van der Waals surface area contributed by atoms with Gasteiger partial charge in [-0.2, -0.15) is 0 Å². The summed E-state index contributed by atoms with van der Waals surface area (Å²) in [5.41, 5.74) is 0.587. The highest BCUT2D eigenvalue weighted by Gasteiger charge is 2.21. The summed E-state index contributed by atoms with van der Waals surface area (Å²) in [5, 5.41) is 9.92. The Morgan fingerprint density at radius 1 is 1.32 bits per heavy atom. The van der Waals surface area contributed by atoms with Crippen LogP contribution in [0, 0.1) is 5.92 Å². The predicted octanol–water partition coefficient (Wildman–Crippen LogP) is 1.01. The number of hydrogen-bond acceptors (Lipinski definition) is 7. The average Bonchev–Trinajstić information content (AvgIpc) is 2.95. The Balaban J connectivity index is 2.04. The minimum Gasteiger partial charge on any atom is -0.300 e. The molecule has 0 radical (unpaired) electrons. The number of amides is 1. The predicted molar refractivity (Wildman–Crippen MR) is 81.6 cm³/mol. The standard InChI is InChI=1S/C12H15N5O3S2/c1-8(2)10(18)15-11-16-17-12(21-11)22(19,20)14-7-9-5-3-4-6-13-9/h3-6,8,14H,7H2,1-2H3,(H,15,16,18). The van der Waals surface area contributed by atoms with Crippen molar-refractivity contribution in [3.8, 4) is 0 Å². The van der Waals surface area contributed by atoms with Crippen molar-refractivity contribution in [1.29, 1.82) is 0 Å². The second-order valence-corrected chi connectivity index (χ2v) is 7.58. The van der Waals surface area contributed by atoms with Crippen LogP contribution >= 0.6 is 11.3 Å². The van der Waals surface area contributed by atoms with Crippen LogP contribution in [0.4, 0.5) is 5.13 Å². The van der Waals surface area contributed by atoms with E-state index in [2.05, 4.69) is 25.2 Å². The minimum absolute atomic E-state index is 0.0520. The van der Waals surface area contributed by atoms with Gasteiger partial charge in [-0.15, -0.1) is 10.2 Å². The molecule has 2 aromatic rings. The molecule has 0 aromatic carbocycles. The van der Waals surface area contributed by atoms with Gasteiger partial charge in [0.15, 0.2) is 0 Å². The molecular weight excluding hydrogens is 326 g/mol. The first-order chi connectivity index (χ1) is 10.4. The summed E-state index contributed by atoms with van der Waals surface area (Å²) in [6.07, 6.45) is 1.58. The normalized spacial score (nSPS) is 11.6. The van der Waals surface area contributed by atoms with E-state index in [4.69, 9.17) is 0 Å². The highest BCUT2D eigenvalue weighted by Crippen LogP contribution is 2.20. The van der Waals surface area contributed by atoms with E-state index in [0.717, 1.165) is 11.3 Å². The lowest BCUT2D eigenvalue weighted by molar-refractivity contribution is -0.118. The van der Waals surface area contributed by atoms with Gasteiger partial charge in [0.2, 0.25) is 15.4 Å². The molecule has 10 heteroatoms. The summed E-state index contributed by atoms with van der Waals surface area (Å²) in [6, 6.07) is 5.21. The summed E-state index contributed by atoms with van der Waals surface area (Å²) in [6.45, 7) is 3.50. The van der Waals surface area contributed by atoms with Crippen LogP contribution < -0.4 is 10.0 Å². The number of carbonyl (C=O) groups excluding carboxylic acids is 1. The van der Waals surface area contributed by atoms with Crippen molar-refractivity contribution < 1.29 is 13.2 Å². The highest BCUT2D eigenvalue weighted by molar-refractivity contribution is 7.91. The lowest BCUT2D eigenvalue weighted by Gasteiger charge is -2.03. The molecule has 0 bridgehead atoms. The zero-order valence-electron chi connectivity index (χ0n) is 12.0. The van der Waals surface area contributed by atoms with Crippen molar-refractivity contribution in [3.63, 3.8) is 0 Å². The molecule has 0 saturated heterocycles. The number of nitrogens with zero attached hydrogens (tertiary/aromatic N) is 3. The number of anilines is 1. The summed E-state index contributed by atoms with van der Waals surface area (Å²) >= 11 is 0.796. The fraction of sp³-hybridized carbons (Fsp3) is 0.333. The first kappa shape index (κ1) is 16.5. The molecule has 0 aliphatic carbocycles. The fourth-order valence-electron chi connectivity index (χ4n) is 1.35. The Morgan fingerprint density at radius 2 is 2.09 bits per heavy atom. The Morgan fingerprint density at radius 3 is 2.73 bits per heavy atom. The van der Waals surface area contributed by atoms with E-state index in [0.29, 0.717) is 5.69 Å². The molecule has 2 aromatic heterocycles. The van der Waals surface area contributed by atoms with Crippen molar-refractivity contribution in [2.75, 3.05) is 5.32 Å². The average molecular weight is 341 g/mol. The van der Waals surface area contributed by atoms with Gasteiger partial charge in [-0.1, -0.05) is 31.3 Å². The Kier molecular flexibility index (Phi) is 5.16. The van der Waals surface area contributed by atoms with Gasteiger partial charge in [-0.05, 0) is 12.1 Å². The van der Waals surface area contributed by atoms with Gasteiger partial charge >= 0.3 is 0 Å². The molecule has 0 aliphatic heterocycles. The van der Waals surface area contributed by atoms with Crippen LogP contribution in [0.25, 0.3) is 0 Å². The number of rotatable bonds is 6. The molecular formula is C12H15N5O3S2. The van der Waals surface area contributed by atoms with Crippen LogP contribution in [-0.4, -0.2) is 29.5 Å². The molecule has 118 valence electrons. The molecule has 2 rings (SSSR count). The van der Waals surface area contributed by atoms with E-state index in [1.165, 1.54) is 0 Å². The number of aromatic nitrogens is 3. The van der Waals surface area contributed by atoms with Crippen LogP contribution in [0.5, 0.6) is 0 Å². The second kappa shape index (κ2) is 6.90. The first-order valence-electron chi connectivity index (χ1n) is 6.42. The lowest BCUT2D eigenvalue weighted by Crippen LogP contribution is -2.23. The van der Waals surface area contributed by atoms with Gasteiger partial charge in [-0.25, -0.2) is 13.1 Å². The molecule has 0 spiro atoms. The Bertz CT molecular complexity index is 743. The second-order valence-electron chi connectivity index (χ2n) is 4.66. The number of hydrogen-bond donors (Lipinski definition) is 2. The van der Waals surface area contributed by atoms with Crippen molar-refractivity contribution in [1.82, 2.24) is 19.9 Å². The van der Waals surface area contributed by atoms with E-state index in [1.807, 2.05) is 0 Å². The van der Waals surface area contributed by atoms with Crippen molar-refractivity contribution in [3.05, 3.63) is 30.1 Å². The molecule has 2 N–H and O–H groups in total. The van der Waals surface area contributed by atoms with E-state index >= 15 is 0 Å². The summed E-state index contributed by atoms with van der Waals surface area (Å²) in [4.78, 5) is 15.6. The highest BCUT2D eigenvalue weighted by atomic mass is 32.2. The first-order valence-corrected chi connectivity index (χ1v) is 8.72. The SMILES string of the molecule is CC(C)C(=O)Nc1nnc(S(=O)(=O)NCc2ccccn2)s1. The smallest absolute Gasteiger partial charge is 0.270 e. The van der Waals surface area contributed by atoms with Gasteiger partial charge in [0.05, 0.1) is 12.2 Å². The van der Waals surface area contributed by atoms with Gasteiger partial charge in [0.25, 0.3) is 10.0 Å². The zero-order chi connectivity index (χ0) is 16.2. The third kappa shape index (κ3) is 4.29. The van der Waals surface area contributed by atoms with Gasteiger partial charge < -0.3 is 5.32 Å². The Hall–Kier alpha value is -1.91. The largest absolute Gasteiger partial charge is 0.300 e. The molecule has 2 heterocycles. The molecule has 8 nitrogen and oxygen atoms in total. The zero-order valence-corrected chi connectivity index (χ0v) is 13.6. The van der Waals surface area contributed by atoms with E-state index < -0.39 is 10.0 Å². The fourth-order valence-corrected chi connectivity index (χ4v) is 3.29. The van der Waals surface area contributed by atoms with E-state index in [9.17, 15) is 13.2 Å². The van der Waals surface area contributed by atoms with Gasteiger partial charge in [0, 0.05) is 12.1 Å². The summed E-state index contributed by atoms with van der Waals surface area (Å²) < 4.78 is 26.4. The molecule has 0 aliphatic rings. The molecule has 0 saturated carbocycles. The number of pyridine rings is 1. The lowest BCUT2D eigenvalue weighted by atomic mass is 10.2. The molecule has 1 amide bonds. The number of sulfonamides is 1. The van der Waals surface area contributed by atoms with Crippen LogP contribution in [0.15, 0.2) is 28.7 Å². The van der Waals surface area contributed by atoms with E-state index in [1.54, 1.807) is 38.2 Å². The maximum Gasteiger partial charge on any atom is 0.270 e. The minimum atomic E-state index is -3.79. The van der Waals surface area contributed by atoms with Crippen molar-refractivity contribution in [2.24, 2.45) is 5.92 Å². The van der Waals surface area contributed by atoms with Crippen LogP contribution in [0.2, 0.25) is 0 Å². The van der Waals surface area contributed by atoms with Crippen molar-refractivity contribution >= 4 is 32.4 Å². The third-order valence-corrected chi connectivity index (χ3v) is 5.17. The summed E-state index contributed by atoms with van der Waals surface area (Å²) in [7, 11) is -3.79. The van der Waals surface area contributed by atoms with Gasteiger partial charge in [0.1, 0.15) is 0 Å². The van der Waals surface area contributed by atoms with E-state index in [-0.39, 0.29) is 27.8 Å². The molecule has 0 unspecified atom stereocenters. The van der Waals surface area contributed by atoms with Crippen LogP contribution in [-0.2, 0) is 21.4 Å². The number of carbonyl (C=O) groups is 1. The van der Waals surface area contributed by atoms with Gasteiger partial charge in [-0.3, -0.25) is 9.78 Å². The summed E-state index contributed by atoms with van der Waals surface area (Å²) in [5.74, 6) is -0.479. The van der Waals surface area contributed by atoms with Crippen LogP contribution in [0.3, 0.4) is 0 Å². The number of nitrogens with one attached hydrogen (secondary N) is 2. The topological polar surface area (TPSA) is 114 Å². The maximum atomic E-state index is 12.1. The Labute approximate surface area is 132 Å². The van der Waals surface area contributed by atoms with Crippen LogP contribution in [0.1, 0.15) is 19.5 Å². The third-order valence-electron chi connectivity index (χ3n) is 2.56. The molecule has 0 fully saturated rings. The molecule has 0 atom stereocenters. The molecule has 22 heavy (non-hydrogen) atoms. The quantitative estimate of drug-likeness (QED) is 0.758. The van der Waals surface area contributed by atoms with Crippen molar-refractivity contribution in [2.45, 2.75) is 24.7 Å².